The molecule has 0 aromatic rings. The quantitative estimate of drug-likeness (QED) is 0.0906. The van der Waals surface area contributed by atoms with Gasteiger partial charge in [0.25, 0.3) is 20.4 Å². The maximum absolute atomic E-state index is 11.8. The van der Waals surface area contributed by atoms with Gasteiger partial charge in [0.15, 0.2) is 0 Å². The standard InChI is InChI=1S/C11H17NO.C9H19NO.C8H16F3NO4S2.C8H17NO.C6H16N2O2S.C6H15NO2S.C5H14N2O2S.2CH4/c1-10(2,3)6-9(13)7-11(8-12)4-5-11;1-9(2,3)7-6-8(11)10(4)5;1-7(2,3)6-18(15,16)12-17(13,14)5-4-8(9,10)11;1-8(2,3)6-7(10)9(4)5;1-6(2,3)5-8(4)11(7,9)10;1-6(2,3)5-7-10(4,8)9;1-5(2,3)4-7-10(6,8)9;;/h4-7H2,1-3H3;6-7H2,1-5H3;12H,4-6H2,1-3H3;6H2,1-5H3;5H2,1-4H3,(H2,7,9,10);7H,5H2,1-4H3;7H,4H2,1-3H3,(H2,6,8,9);2*1H4. The summed E-state index contributed by atoms with van der Waals surface area (Å²) in [7, 11) is -10.1. The first-order valence-corrected chi connectivity index (χ1v) is 35.0. The fourth-order valence-corrected chi connectivity index (χ4v) is 11.0. The van der Waals surface area contributed by atoms with E-state index in [-0.39, 0.29) is 70.4 Å². The number of hydrogen-bond acceptors (Lipinski definition) is 14. The van der Waals surface area contributed by atoms with Gasteiger partial charge in [-0.05, 0) is 57.2 Å². The van der Waals surface area contributed by atoms with Gasteiger partial charge in [-0.1, -0.05) is 160 Å². The van der Waals surface area contributed by atoms with E-state index in [0.29, 0.717) is 45.3 Å². The Kier molecular flexibility index (Phi) is 45.1. The SMILES string of the molecule is C.C.CC(C)(C)CC(=O)CC1(C#N)CC1.CC(C)(C)CNS(C)(=O)=O.CC(C)(C)CNS(N)(=O)=O.CC(C)(C)CS(=O)(=O)NS(=O)(=O)CCC(F)(F)F.CN(C)C(=O)CC(C)(C)C.CN(C)C(=O)CCC(C)(C)C.CN(CC(C)(C)C)S(N)(=O)=O. The number of amides is 2. The molecule has 30 heteroatoms. The zero-order chi connectivity index (χ0) is 68.5. The average molecular weight is 1330 g/mol. The molecule has 0 atom stereocenters. The summed E-state index contributed by atoms with van der Waals surface area (Å²) in [5.41, 5.74) is -0.625. The third-order valence-corrected chi connectivity index (χ3v) is 15.7. The maximum atomic E-state index is 11.8. The lowest BCUT2D eigenvalue weighted by Gasteiger charge is -2.24. The molecule has 85 heavy (non-hydrogen) atoms. The Morgan fingerprint density at radius 2 is 0.918 bits per heavy atom. The fraction of sp³-hybridized carbons (Fsp3) is 0.927. The second-order valence-corrected chi connectivity index (χ2v) is 38.4. The summed E-state index contributed by atoms with van der Waals surface area (Å²) < 4.78 is 151. The predicted molar refractivity (Wildman–Crippen MR) is 343 cm³/mol. The van der Waals surface area contributed by atoms with Crippen molar-refractivity contribution < 1.29 is 69.6 Å². The van der Waals surface area contributed by atoms with Gasteiger partial charge in [0.1, 0.15) is 5.78 Å². The Labute approximate surface area is 518 Å². The molecule has 1 fully saturated rings. The van der Waals surface area contributed by atoms with Crippen molar-refractivity contribution in [3.05, 3.63) is 0 Å². The number of nitrogens with two attached hydrogens (primary N) is 2. The van der Waals surface area contributed by atoms with Crippen LogP contribution in [0.2, 0.25) is 0 Å². The molecule has 0 unspecified atom stereocenters. The lowest BCUT2D eigenvalue weighted by molar-refractivity contribution is -0.131. The highest BCUT2D eigenvalue weighted by atomic mass is 32.3. The molecule has 1 aliphatic carbocycles. The van der Waals surface area contributed by atoms with Gasteiger partial charge in [-0.15, -0.1) is 4.13 Å². The van der Waals surface area contributed by atoms with E-state index in [1.807, 2.05) is 62.3 Å². The van der Waals surface area contributed by atoms with Crippen molar-refractivity contribution in [1.82, 2.24) is 27.7 Å². The number of rotatable bonds is 17. The van der Waals surface area contributed by atoms with Crippen LogP contribution >= 0.6 is 0 Å². The normalized spacial score (nSPS) is 13.9. The molecule has 22 nitrogen and oxygen atoms in total. The van der Waals surface area contributed by atoms with E-state index in [1.54, 1.807) is 58.8 Å². The Morgan fingerprint density at radius 1 is 0.541 bits per heavy atom. The van der Waals surface area contributed by atoms with Crippen LogP contribution in [0.5, 0.6) is 0 Å². The van der Waals surface area contributed by atoms with Gasteiger partial charge in [0, 0.05) is 80.6 Å². The van der Waals surface area contributed by atoms with Crippen LogP contribution in [-0.2, 0) is 64.9 Å². The summed E-state index contributed by atoms with van der Waals surface area (Å²) in [6.07, 6.45) is 0.0745. The number of alkyl halides is 3. The number of carbonyl (C=O) groups is 3. The number of carbonyl (C=O) groups excluding carboxylic acids is 3. The molecule has 1 saturated carbocycles. The van der Waals surface area contributed by atoms with Crippen LogP contribution < -0.4 is 23.8 Å². The van der Waals surface area contributed by atoms with Gasteiger partial charge in [-0.2, -0.15) is 39.6 Å². The van der Waals surface area contributed by atoms with E-state index in [1.165, 1.54) is 17.4 Å². The van der Waals surface area contributed by atoms with Crippen molar-refractivity contribution in [2.24, 2.45) is 53.6 Å². The number of Topliss-reactive ketones (excluding diaryl/α,β-unsaturated/α-hetero) is 1. The van der Waals surface area contributed by atoms with Crippen LogP contribution in [0.15, 0.2) is 0 Å². The Balaban J connectivity index is -0.000000137. The highest BCUT2D eigenvalue weighted by molar-refractivity contribution is 8.04. The Hall–Kier alpha value is -2.60. The minimum absolute atomic E-state index is 0. The second kappa shape index (κ2) is 38.8. The smallest absolute Gasteiger partial charge is 0.349 e. The lowest BCUT2D eigenvalue weighted by atomic mass is 9.86. The van der Waals surface area contributed by atoms with Gasteiger partial charge < -0.3 is 9.80 Å². The first-order chi connectivity index (χ1) is 35.7. The summed E-state index contributed by atoms with van der Waals surface area (Å²) in [6.45, 7) is 42.3. The number of ketones is 1. The van der Waals surface area contributed by atoms with Gasteiger partial charge in [0.05, 0.1) is 35.7 Å². The Bertz CT molecular complexity index is 2510. The number of halogens is 3. The van der Waals surface area contributed by atoms with Crippen molar-refractivity contribution in [3.8, 4) is 6.07 Å². The number of nitrogens with one attached hydrogen (secondary N) is 3. The van der Waals surface area contributed by atoms with Crippen LogP contribution in [0.1, 0.15) is 212 Å². The molecule has 1 aliphatic rings. The third kappa shape index (κ3) is 83.5. The van der Waals surface area contributed by atoms with Crippen molar-refractivity contribution in [3.63, 3.8) is 0 Å². The molecule has 0 bridgehead atoms. The van der Waals surface area contributed by atoms with E-state index in [9.17, 15) is 69.6 Å². The number of hydrogen-bond donors (Lipinski definition) is 5. The zero-order valence-electron chi connectivity index (χ0n) is 55.6. The van der Waals surface area contributed by atoms with E-state index >= 15 is 0 Å². The topological polar surface area (TPSA) is 344 Å². The molecular formula is C55H122F3N9O13S5. The van der Waals surface area contributed by atoms with Crippen LogP contribution in [0.25, 0.3) is 0 Å². The molecule has 0 heterocycles. The highest BCUT2D eigenvalue weighted by Crippen LogP contribution is 2.48. The van der Waals surface area contributed by atoms with Crippen molar-refractivity contribution in [2.75, 3.05) is 72.6 Å². The first kappa shape index (κ1) is 98.6. The Morgan fingerprint density at radius 3 is 1.12 bits per heavy atom. The summed E-state index contributed by atoms with van der Waals surface area (Å²) in [4.78, 5) is 37.0. The van der Waals surface area contributed by atoms with Crippen molar-refractivity contribution in [2.45, 2.75) is 218 Å². The first-order valence-electron chi connectivity index (χ1n) is 26.8. The fourth-order valence-electron chi connectivity index (χ4n) is 5.34. The van der Waals surface area contributed by atoms with Crippen LogP contribution in [0.4, 0.5) is 13.2 Å². The zero-order valence-corrected chi connectivity index (χ0v) is 59.7. The van der Waals surface area contributed by atoms with Gasteiger partial charge in [-0.25, -0.2) is 45.0 Å². The minimum atomic E-state index is -4.65. The highest BCUT2D eigenvalue weighted by Gasteiger charge is 2.45. The van der Waals surface area contributed by atoms with Gasteiger partial charge in [-0.3, -0.25) is 14.4 Å². The molecule has 0 radical (unpaired) electrons. The molecule has 0 aromatic heterocycles. The molecule has 0 spiro atoms. The summed E-state index contributed by atoms with van der Waals surface area (Å²) in [6, 6.07) is 2.25. The minimum Gasteiger partial charge on any atom is -0.349 e. The lowest BCUT2D eigenvalue weighted by Crippen LogP contribution is -2.38. The number of nitrogens with zero attached hydrogens (tertiary/aromatic N) is 4. The van der Waals surface area contributed by atoms with E-state index in [2.05, 4.69) is 77.8 Å². The molecule has 2 amide bonds. The maximum Gasteiger partial charge on any atom is 0.390 e. The van der Waals surface area contributed by atoms with Gasteiger partial charge in [0.2, 0.25) is 41.9 Å². The average Bonchev–Trinajstić information content (AvgIpc) is 3.93. The molecule has 0 saturated heterocycles. The molecular weight excluding hydrogens is 1210 g/mol. The van der Waals surface area contributed by atoms with E-state index < -0.39 is 80.0 Å². The van der Waals surface area contributed by atoms with Crippen LogP contribution in [0, 0.1) is 54.7 Å². The van der Waals surface area contributed by atoms with E-state index in [4.69, 9.17) is 15.5 Å². The molecule has 0 aromatic carbocycles. The second-order valence-electron chi connectivity index (χ2n) is 29.7. The summed E-state index contributed by atoms with van der Waals surface area (Å²) in [5, 5.41) is 18.4. The number of nitriles is 1. The van der Waals surface area contributed by atoms with Crippen molar-refractivity contribution >= 4 is 68.1 Å². The molecule has 1 rings (SSSR count). The van der Waals surface area contributed by atoms with Crippen molar-refractivity contribution in [1.29, 1.82) is 5.26 Å². The van der Waals surface area contributed by atoms with E-state index in [0.717, 1.165) is 23.6 Å². The summed E-state index contributed by atoms with van der Waals surface area (Å²) >= 11 is 0. The van der Waals surface area contributed by atoms with Crippen LogP contribution in [-0.4, -0.2) is 153 Å². The predicted octanol–water partition coefficient (Wildman–Crippen LogP) is 9.18. The third-order valence-electron chi connectivity index (χ3n) is 9.45. The summed E-state index contributed by atoms with van der Waals surface area (Å²) in [5.74, 6) is -1.13. The number of sulfonamides is 3. The van der Waals surface area contributed by atoms with Gasteiger partial charge >= 0.3 is 6.18 Å². The molecule has 0 aliphatic heterocycles. The molecule has 516 valence electrons. The van der Waals surface area contributed by atoms with Crippen LogP contribution in [0.3, 0.4) is 0 Å². The monoisotopic (exact) mass is 1330 g/mol. The largest absolute Gasteiger partial charge is 0.390 e. The molecule has 7 N–H and O–H groups in total.